The average molecular weight is 419 g/mol. The molecule has 0 amide bonds. The van der Waals surface area contributed by atoms with Crippen LogP contribution in [0.25, 0.3) is 0 Å². The Bertz CT molecular complexity index is 1150. The molecule has 0 radical (unpaired) electrons. The molecule has 0 aliphatic carbocycles. The molecule has 0 unspecified atom stereocenters. The fraction of sp³-hybridized carbons (Fsp3) is 0.130. The molecule has 0 spiro atoms. The molecular formula is C23H18FN3O2S. The van der Waals surface area contributed by atoms with Crippen molar-refractivity contribution in [1.29, 1.82) is 0 Å². The first kappa shape index (κ1) is 18.6. The van der Waals surface area contributed by atoms with Gasteiger partial charge in [-0.1, -0.05) is 24.4 Å². The lowest BCUT2D eigenvalue weighted by atomic mass is 9.98. The summed E-state index contributed by atoms with van der Waals surface area (Å²) in [6, 6.07) is 16.0. The molecular weight excluding hydrogens is 401 g/mol. The number of nitrogens with one attached hydrogen (secondary N) is 1. The molecule has 3 heterocycles. The minimum atomic E-state index is -0.332. The lowest BCUT2D eigenvalue weighted by molar-refractivity contribution is 0.327. The van der Waals surface area contributed by atoms with Crippen LogP contribution >= 0.6 is 12.2 Å². The van der Waals surface area contributed by atoms with Gasteiger partial charge in [-0.15, -0.1) is 0 Å². The predicted octanol–water partition coefficient (Wildman–Crippen LogP) is 4.51. The van der Waals surface area contributed by atoms with Crippen LogP contribution in [0.2, 0.25) is 0 Å². The van der Waals surface area contributed by atoms with Crippen molar-refractivity contribution in [2.75, 3.05) is 12.0 Å². The Morgan fingerprint density at radius 2 is 1.90 bits per heavy atom. The van der Waals surface area contributed by atoms with Gasteiger partial charge in [0.1, 0.15) is 17.0 Å². The number of anilines is 1. The number of benzene rings is 2. The maximum atomic E-state index is 13.6. The summed E-state index contributed by atoms with van der Waals surface area (Å²) in [5, 5.41) is 3.42. The van der Waals surface area contributed by atoms with Gasteiger partial charge in [-0.25, -0.2) is 4.39 Å². The summed E-state index contributed by atoms with van der Waals surface area (Å²) in [5.41, 5.74) is 3.61. The quantitative estimate of drug-likeness (QED) is 0.631. The Morgan fingerprint density at radius 3 is 2.63 bits per heavy atom. The number of thiocarbonyl (C=S) groups is 1. The molecule has 0 saturated carbocycles. The minimum absolute atomic E-state index is 0.300. The summed E-state index contributed by atoms with van der Waals surface area (Å²) in [6.45, 7) is 0. The summed E-state index contributed by atoms with van der Waals surface area (Å²) in [5.74, 6) is 1.64. The molecule has 1 atom stereocenters. The van der Waals surface area contributed by atoms with E-state index in [1.807, 2.05) is 35.2 Å². The second-order valence-corrected chi connectivity index (χ2v) is 7.42. The van der Waals surface area contributed by atoms with Crippen LogP contribution in [0.4, 0.5) is 10.1 Å². The van der Waals surface area contributed by atoms with Crippen molar-refractivity contribution in [3.8, 4) is 11.5 Å². The van der Waals surface area contributed by atoms with Crippen LogP contribution in [0, 0.1) is 5.82 Å². The molecule has 5 nitrogen and oxygen atoms in total. The third kappa shape index (κ3) is 3.07. The lowest BCUT2D eigenvalue weighted by Crippen LogP contribution is -2.49. The van der Waals surface area contributed by atoms with Crippen LogP contribution in [-0.2, 0) is 6.42 Å². The van der Waals surface area contributed by atoms with Crippen LogP contribution in [0.15, 0.2) is 78.4 Å². The first-order chi connectivity index (χ1) is 14.7. The zero-order valence-electron chi connectivity index (χ0n) is 16.1. The Hall–Kier alpha value is -3.45. The second kappa shape index (κ2) is 7.42. The van der Waals surface area contributed by atoms with E-state index in [4.69, 9.17) is 21.7 Å². The van der Waals surface area contributed by atoms with Crippen LogP contribution < -0.4 is 19.7 Å². The van der Waals surface area contributed by atoms with E-state index < -0.39 is 0 Å². The topological polar surface area (TPSA) is 46.6 Å². The van der Waals surface area contributed by atoms with Crippen molar-refractivity contribution in [1.82, 2.24) is 10.3 Å². The highest BCUT2D eigenvalue weighted by Crippen LogP contribution is 2.43. The number of methoxy groups -OCH3 is 1. The van der Waals surface area contributed by atoms with E-state index >= 15 is 0 Å². The second-order valence-electron chi connectivity index (χ2n) is 7.01. The Balaban J connectivity index is 1.67. The van der Waals surface area contributed by atoms with E-state index in [2.05, 4.69) is 10.3 Å². The van der Waals surface area contributed by atoms with Gasteiger partial charge in [-0.05, 0) is 48.0 Å². The summed E-state index contributed by atoms with van der Waals surface area (Å²) < 4.78 is 25.6. The molecule has 150 valence electrons. The third-order valence-electron chi connectivity index (χ3n) is 5.25. The molecule has 0 saturated heterocycles. The van der Waals surface area contributed by atoms with Crippen LogP contribution in [0.3, 0.4) is 0 Å². The van der Waals surface area contributed by atoms with Crippen molar-refractivity contribution in [3.63, 3.8) is 0 Å². The molecule has 1 aromatic heterocycles. The largest absolute Gasteiger partial charge is 0.493 e. The molecule has 0 fully saturated rings. The molecule has 5 rings (SSSR count). The zero-order chi connectivity index (χ0) is 20.7. The molecule has 0 bridgehead atoms. The van der Waals surface area contributed by atoms with E-state index in [0.717, 1.165) is 22.4 Å². The lowest BCUT2D eigenvalue weighted by Gasteiger charge is -2.42. The van der Waals surface area contributed by atoms with Gasteiger partial charge in [0, 0.05) is 30.1 Å². The fourth-order valence-corrected chi connectivity index (χ4v) is 4.08. The number of pyridine rings is 1. The minimum Gasteiger partial charge on any atom is -0.493 e. The highest BCUT2D eigenvalue weighted by Gasteiger charge is 2.38. The Kier molecular flexibility index (Phi) is 4.59. The number of halogens is 1. The standard InChI is InChI=1S/C23H18FN3O2S/c1-28-19-4-2-3-15-13-18-22(30)26-21(14-9-11-25-12-10-14)27(23(18)29-20(15)19)17-7-5-16(24)6-8-17/h2-12,21H,13H2,1H3,(H,26,30)/t21-/m1/s1. The molecule has 7 heteroatoms. The maximum Gasteiger partial charge on any atom is 0.209 e. The summed E-state index contributed by atoms with van der Waals surface area (Å²) in [4.78, 5) is 6.73. The van der Waals surface area contributed by atoms with E-state index in [-0.39, 0.29) is 12.0 Å². The van der Waals surface area contributed by atoms with Crippen molar-refractivity contribution in [3.05, 3.63) is 95.4 Å². The van der Waals surface area contributed by atoms with Crippen molar-refractivity contribution < 1.29 is 13.9 Å². The van der Waals surface area contributed by atoms with Gasteiger partial charge in [0.15, 0.2) is 11.5 Å². The number of nitrogens with zero attached hydrogens (tertiary/aromatic N) is 2. The van der Waals surface area contributed by atoms with E-state index in [0.29, 0.717) is 28.8 Å². The summed E-state index contributed by atoms with van der Waals surface area (Å²) in [7, 11) is 1.62. The highest BCUT2D eigenvalue weighted by molar-refractivity contribution is 7.80. The Morgan fingerprint density at radius 1 is 1.13 bits per heavy atom. The molecule has 2 aliphatic rings. The number of ether oxygens (including phenoxy) is 2. The first-order valence-electron chi connectivity index (χ1n) is 9.48. The normalized spacial score (nSPS) is 17.6. The van der Waals surface area contributed by atoms with Crippen molar-refractivity contribution in [2.45, 2.75) is 12.6 Å². The van der Waals surface area contributed by atoms with Gasteiger partial charge in [0.05, 0.1) is 12.7 Å². The monoisotopic (exact) mass is 419 g/mol. The molecule has 3 aromatic rings. The van der Waals surface area contributed by atoms with Crippen molar-refractivity contribution >= 4 is 22.9 Å². The smallest absolute Gasteiger partial charge is 0.209 e. The van der Waals surface area contributed by atoms with E-state index in [1.54, 1.807) is 31.6 Å². The van der Waals surface area contributed by atoms with E-state index in [1.165, 1.54) is 12.1 Å². The van der Waals surface area contributed by atoms with Gasteiger partial charge < -0.3 is 14.8 Å². The summed E-state index contributed by atoms with van der Waals surface area (Å²) >= 11 is 5.71. The van der Waals surface area contributed by atoms with Gasteiger partial charge in [-0.2, -0.15) is 0 Å². The van der Waals surface area contributed by atoms with Gasteiger partial charge in [0.25, 0.3) is 0 Å². The number of fused-ring (bicyclic) bond motifs is 1. The van der Waals surface area contributed by atoms with Crippen molar-refractivity contribution in [2.24, 2.45) is 0 Å². The number of para-hydroxylation sites is 1. The first-order valence-corrected chi connectivity index (χ1v) is 9.89. The van der Waals surface area contributed by atoms with Crippen LogP contribution in [0.1, 0.15) is 17.3 Å². The Labute approximate surface area is 178 Å². The number of aromatic nitrogens is 1. The van der Waals surface area contributed by atoms with Crippen LogP contribution in [-0.4, -0.2) is 17.1 Å². The molecule has 30 heavy (non-hydrogen) atoms. The van der Waals surface area contributed by atoms with E-state index in [9.17, 15) is 4.39 Å². The number of hydrogen-bond donors (Lipinski definition) is 1. The predicted molar refractivity (Wildman–Crippen MR) is 116 cm³/mol. The fourth-order valence-electron chi connectivity index (χ4n) is 3.81. The molecule has 2 aromatic carbocycles. The molecule has 1 N–H and O–H groups in total. The number of hydrogen-bond acceptors (Lipinski definition) is 5. The highest BCUT2D eigenvalue weighted by atomic mass is 32.1. The average Bonchev–Trinajstić information content (AvgIpc) is 2.79. The summed E-state index contributed by atoms with van der Waals surface area (Å²) in [6.07, 6.45) is 3.73. The van der Waals surface area contributed by atoms with Gasteiger partial charge >= 0.3 is 0 Å². The molecule has 2 aliphatic heterocycles. The zero-order valence-corrected chi connectivity index (χ0v) is 16.9. The SMILES string of the molecule is COc1cccc2c1OC1=C(C2)C(=S)N[C@@H](c2ccncc2)N1c1ccc(F)cc1. The third-order valence-corrected chi connectivity index (χ3v) is 5.61. The number of rotatable bonds is 3. The maximum absolute atomic E-state index is 13.6. The van der Waals surface area contributed by atoms with Gasteiger partial charge in [-0.3, -0.25) is 9.88 Å². The van der Waals surface area contributed by atoms with Gasteiger partial charge in [0.2, 0.25) is 5.88 Å². The van der Waals surface area contributed by atoms with Crippen LogP contribution in [0.5, 0.6) is 11.5 Å².